The number of nitrogens with two attached hydrogens (primary N) is 1. The predicted octanol–water partition coefficient (Wildman–Crippen LogP) is 0.684. The monoisotopic (exact) mass is 153 g/mol. The second kappa shape index (κ2) is 3.21. The number of pyridine rings is 1. The van der Waals surface area contributed by atoms with Crippen LogP contribution in [0.15, 0.2) is 12.1 Å². The van der Waals surface area contributed by atoms with Crippen molar-refractivity contribution in [2.45, 2.75) is 6.92 Å². The van der Waals surface area contributed by atoms with Crippen molar-refractivity contribution >= 4 is 5.82 Å². The molecule has 0 amide bonds. The quantitative estimate of drug-likeness (QED) is 0.484. The SMILES string of the molecule is COc1ccc(NN)nc1C. The van der Waals surface area contributed by atoms with E-state index in [-0.39, 0.29) is 0 Å². The second-order valence-electron chi connectivity index (χ2n) is 2.13. The summed E-state index contributed by atoms with van der Waals surface area (Å²) in [6.45, 7) is 1.86. The molecule has 1 heterocycles. The van der Waals surface area contributed by atoms with Crippen LogP contribution in [0.25, 0.3) is 0 Å². The van der Waals surface area contributed by atoms with Crippen LogP contribution >= 0.6 is 0 Å². The zero-order valence-electron chi connectivity index (χ0n) is 6.59. The molecule has 0 aromatic carbocycles. The van der Waals surface area contributed by atoms with Crippen LogP contribution in [0.3, 0.4) is 0 Å². The highest BCUT2D eigenvalue weighted by molar-refractivity contribution is 5.40. The van der Waals surface area contributed by atoms with Gasteiger partial charge in [-0.3, -0.25) is 0 Å². The zero-order valence-corrected chi connectivity index (χ0v) is 6.59. The molecule has 0 aliphatic carbocycles. The lowest BCUT2D eigenvalue weighted by atomic mass is 10.3. The Bertz CT molecular complexity index is 249. The topological polar surface area (TPSA) is 60.2 Å². The number of hydrogen-bond acceptors (Lipinski definition) is 4. The van der Waals surface area contributed by atoms with Crippen LogP contribution in [-0.4, -0.2) is 12.1 Å². The number of nitrogens with zero attached hydrogens (tertiary/aromatic N) is 1. The molecule has 0 aliphatic heterocycles. The van der Waals surface area contributed by atoms with Gasteiger partial charge in [0.25, 0.3) is 0 Å². The summed E-state index contributed by atoms with van der Waals surface area (Å²) < 4.78 is 5.01. The van der Waals surface area contributed by atoms with Crippen LogP contribution in [-0.2, 0) is 0 Å². The Hall–Kier alpha value is -1.29. The van der Waals surface area contributed by atoms with E-state index in [9.17, 15) is 0 Å². The van der Waals surface area contributed by atoms with Gasteiger partial charge in [-0.2, -0.15) is 0 Å². The van der Waals surface area contributed by atoms with Gasteiger partial charge in [-0.15, -0.1) is 0 Å². The molecule has 60 valence electrons. The molecule has 3 N–H and O–H groups in total. The summed E-state index contributed by atoms with van der Waals surface area (Å²) in [5, 5.41) is 0. The van der Waals surface area contributed by atoms with Gasteiger partial charge in [0.1, 0.15) is 11.6 Å². The highest BCUT2D eigenvalue weighted by Gasteiger charge is 1.98. The van der Waals surface area contributed by atoms with E-state index in [4.69, 9.17) is 10.6 Å². The number of aryl methyl sites for hydroxylation is 1. The number of aromatic nitrogens is 1. The fraction of sp³-hybridized carbons (Fsp3) is 0.286. The van der Waals surface area contributed by atoms with Gasteiger partial charge >= 0.3 is 0 Å². The number of methoxy groups -OCH3 is 1. The lowest BCUT2D eigenvalue weighted by molar-refractivity contribution is 0.409. The fourth-order valence-electron chi connectivity index (χ4n) is 0.844. The van der Waals surface area contributed by atoms with Crippen molar-refractivity contribution in [3.63, 3.8) is 0 Å². The largest absolute Gasteiger partial charge is 0.495 e. The molecule has 0 fully saturated rings. The first kappa shape index (κ1) is 7.81. The fourth-order valence-corrected chi connectivity index (χ4v) is 0.844. The van der Waals surface area contributed by atoms with E-state index in [2.05, 4.69) is 10.4 Å². The van der Waals surface area contributed by atoms with Gasteiger partial charge in [-0.25, -0.2) is 10.8 Å². The van der Waals surface area contributed by atoms with E-state index in [1.54, 1.807) is 13.2 Å². The van der Waals surface area contributed by atoms with Crippen molar-refractivity contribution in [2.24, 2.45) is 5.84 Å². The van der Waals surface area contributed by atoms with E-state index in [1.165, 1.54) is 0 Å². The maximum atomic E-state index is 5.16. The normalized spacial score (nSPS) is 9.36. The average molecular weight is 153 g/mol. The molecule has 0 spiro atoms. The van der Waals surface area contributed by atoms with Crippen LogP contribution in [0.1, 0.15) is 5.69 Å². The van der Waals surface area contributed by atoms with Gasteiger partial charge in [-0.1, -0.05) is 0 Å². The third-order valence-electron chi connectivity index (χ3n) is 1.41. The highest BCUT2D eigenvalue weighted by Crippen LogP contribution is 2.16. The molecule has 4 nitrogen and oxygen atoms in total. The Kier molecular flexibility index (Phi) is 2.28. The van der Waals surface area contributed by atoms with Crippen LogP contribution in [0, 0.1) is 6.92 Å². The summed E-state index contributed by atoms with van der Waals surface area (Å²) in [6.07, 6.45) is 0. The number of rotatable bonds is 2. The summed E-state index contributed by atoms with van der Waals surface area (Å²) in [4.78, 5) is 4.10. The van der Waals surface area contributed by atoms with Crippen LogP contribution in [0.5, 0.6) is 5.75 Å². The molecule has 1 aromatic heterocycles. The minimum absolute atomic E-state index is 0.642. The summed E-state index contributed by atoms with van der Waals surface area (Å²) >= 11 is 0. The summed E-state index contributed by atoms with van der Waals surface area (Å²) in [5.41, 5.74) is 3.27. The molecule has 0 radical (unpaired) electrons. The first-order valence-electron chi connectivity index (χ1n) is 3.26. The summed E-state index contributed by atoms with van der Waals surface area (Å²) in [6, 6.07) is 3.57. The standard InChI is InChI=1S/C7H11N3O/c1-5-6(11-2)3-4-7(9-5)10-8/h3-4H,8H2,1-2H3,(H,9,10). The van der Waals surface area contributed by atoms with Gasteiger partial charge in [-0.05, 0) is 19.1 Å². The Morgan fingerprint density at radius 3 is 2.73 bits per heavy atom. The Balaban J connectivity index is 2.99. The van der Waals surface area contributed by atoms with Crippen molar-refractivity contribution in [3.8, 4) is 5.75 Å². The van der Waals surface area contributed by atoms with Crippen molar-refractivity contribution in [3.05, 3.63) is 17.8 Å². The summed E-state index contributed by atoms with van der Waals surface area (Å²) in [7, 11) is 1.61. The second-order valence-corrected chi connectivity index (χ2v) is 2.13. The Labute approximate surface area is 65.4 Å². The van der Waals surface area contributed by atoms with Gasteiger partial charge in [0.05, 0.1) is 12.8 Å². The Morgan fingerprint density at radius 2 is 2.27 bits per heavy atom. The minimum Gasteiger partial charge on any atom is -0.495 e. The predicted molar refractivity (Wildman–Crippen MR) is 43.3 cm³/mol. The lowest BCUT2D eigenvalue weighted by Crippen LogP contribution is -2.08. The molecule has 1 rings (SSSR count). The van der Waals surface area contributed by atoms with Crippen LogP contribution in [0.2, 0.25) is 0 Å². The van der Waals surface area contributed by atoms with Gasteiger partial charge < -0.3 is 10.2 Å². The molecule has 0 saturated carbocycles. The molecular formula is C7H11N3O. The number of nitrogen functional groups attached to an aromatic ring is 1. The van der Waals surface area contributed by atoms with Gasteiger partial charge in [0.15, 0.2) is 0 Å². The molecule has 1 aromatic rings. The minimum atomic E-state index is 0.642. The molecule has 0 aliphatic rings. The van der Waals surface area contributed by atoms with Crippen LogP contribution < -0.4 is 16.0 Å². The average Bonchev–Trinajstić information content (AvgIpc) is 2.04. The molecule has 0 unspecified atom stereocenters. The van der Waals surface area contributed by atoms with E-state index in [0.29, 0.717) is 5.82 Å². The van der Waals surface area contributed by atoms with E-state index >= 15 is 0 Å². The van der Waals surface area contributed by atoms with Gasteiger partial charge in [0.2, 0.25) is 0 Å². The first-order chi connectivity index (χ1) is 5.27. The highest BCUT2D eigenvalue weighted by atomic mass is 16.5. The maximum absolute atomic E-state index is 5.16. The maximum Gasteiger partial charge on any atom is 0.140 e. The van der Waals surface area contributed by atoms with E-state index in [0.717, 1.165) is 11.4 Å². The number of ether oxygens (including phenoxy) is 1. The van der Waals surface area contributed by atoms with E-state index in [1.807, 2.05) is 13.0 Å². The third-order valence-corrected chi connectivity index (χ3v) is 1.41. The third kappa shape index (κ3) is 1.59. The summed E-state index contributed by atoms with van der Waals surface area (Å²) in [5.74, 6) is 6.57. The van der Waals surface area contributed by atoms with Crippen LogP contribution in [0.4, 0.5) is 5.82 Å². The number of anilines is 1. The zero-order chi connectivity index (χ0) is 8.27. The Morgan fingerprint density at radius 1 is 1.55 bits per heavy atom. The number of nitrogens with one attached hydrogen (secondary N) is 1. The molecule has 0 bridgehead atoms. The van der Waals surface area contributed by atoms with Crippen molar-refractivity contribution < 1.29 is 4.74 Å². The van der Waals surface area contributed by atoms with Crippen molar-refractivity contribution in [1.82, 2.24) is 4.98 Å². The number of hydrogen-bond donors (Lipinski definition) is 2. The number of hydrazine groups is 1. The molecular weight excluding hydrogens is 142 g/mol. The van der Waals surface area contributed by atoms with Gasteiger partial charge in [0, 0.05) is 0 Å². The van der Waals surface area contributed by atoms with Crippen molar-refractivity contribution in [2.75, 3.05) is 12.5 Å². The first-order valence-corrected chi connectivity index (χ1v) is 3.26. The molecule has 11 heavy (non-hydrogen) atoms. The van der Waals surface area contributed by atoms with Crippen molar-refractivity contribution in [1.29, 1.82) is 0 Å². The smallest absolute Gasteiger partial charge is 0.140 e. The molecule has 0 atom stereocenters. The van der Waals surface area contributed by atoms with E-state index < -0.39 is 0 Å². The molecule has 0 saturated heterocycles. The molecule has 4 heteroatoms. The lowest BCUT2D eigenvalue weighted by Gasteiger charge is -2.04.